The second-order valence-corrected chi connectivity index (χ2v) is 2.49. The van der Waals surface area contributed by atoms with Crippen LogP contribution in [0.1, 0.15) is 22.3 Å². The Labute approximate surface area is 78.7 Å². The van der Waals surface area contributed by atoms with Crippen molar-refractivity contribution in [3.05, 3.63) is 23.4 Å². The molecule has 0 fully saturated rings. The number of rotatable bonds is 2. The van der Waals surface area contributed by atoms with Crippen molar-refractivity contribution in [2.45, 2.75) is 6.43 Å². The molecule has 0 bridgehead atoms. The van der Waals surface area contributed by atoms with Crippen LogP contribution in [0.3, 0.4) is 0 Å². The van der Waals surface area contributed by atoms with Gasteiger partial charge < -0.3 is 10.5 Å². The number of nitrogens with two attached hydrogens (primary N) is 1. The highest BCUT2D eigenvalue weighted by Gasteiger charge is 2.15. The molecule has 0 spiro atoms. The molecule has 14 heavy (non-hydrogen) atoms. The molecule has 0 saturated carbocycles. The number of hydrogen-bond donors (Lipinski definition) is 1. The van der Waals surface area contributed by atoms with Gasteiger partial charge in [0.2, 0.25) is 0 Å². The van der Waals surface area contributed by atoms with E-state index in [9.17, 15) is 13.6 Å². The number of carbonyl (C=O) groups is 1. The van der Waals surface area contributed by atoms with Crippen LogP contribution >= 0.6 is 0 Å². The Morgan fingerprint density at radius 2 is 2.29 bits per heavy atom. The summed E-state index contributed by atoms with van der Waals surface area (Å²) < 4.78 is 28.8. The van der Waals surface area contributed by atoms with Crippen molar-refractivity contribution in [2.75, 3.05) is 12.8 Å². The highest BCUT2D eigenvalue weighted by atomic mass is 19.3. The molecule has 0 aromatic carbocycles. The molecule has 1 rings (SSSR count). The minimum Gasteiger partial charge on any atom is -0.465 e. The monoisotopic (exact) mass is 202 g/mol. The zero-order chi connectivity index (χ0) is 10.7. The summed E-state index contributed by atoms with van der Waals surface area (Å²) in [4.78, 5) is 14.5. The molecule has 0 aliphatic rings. The quantitative estimate of drug-likeness (QED) is 0.736. The number of nitrogen functional groups attached to an aromatic ring is 1. The van der Waals surface area contributed by atoms with Gasteiger partial charge in [-0.25, -0.2) is 18.6 Å². The van der Waals surface area contributed by atoms with Gasteiger partial charge in [0.15, 0.2) is 0 Å². The number of esters is 1. The molecule has 2 N–H and O–H groups in total. The van der Waals surface area contributed by atoms with E-state index in [1.807, 2.05) is 0 Å². The largest absolute Gasteiger partial charge is 0.465 e. The molecule has 1 aromatic rings. The zero-order valence-corrected chi connectivity index (χ0v) is 7.33. The van der Waals surface area contributed by atoms with Crippen molar-refractivity contribution in [3.8, 4) is 0 Å². The summed E-state index contributed by atoms with van der Waals surface area (Å²) in [5, 5.41) is 0. The van der Waals surface area contributed by atoms with E-state index in [2.05, 4.69) is 9.72 Å². The minimum atomic E-state index is -2.69. The van der Waals surface area contributed by atoms with Crippen LogP contribution in [0, 0.1) is 0 Å². The van der Waals surface area contributed by atoms with Gasteiger partial charge in [0.1, 0.15) is 11.4 Å². The SMILES string of the molecule is COC(=O)c1cc(C(F)F)cnc1N. The average Bonchev–Trinajstić information content (AvgIpc) is 2.17. The summed E-state index contributed by atoms with van der Waals surface area (Å²) in [5.41, 5.74) is 4.80. The molecule has 0 aliphatic heterocycles. The van der Waals surface area contributed by atoms with Crippen LogP contribution in [-0.4, -0.2) is 18.1 Å². The lowest BCUT2D eigenvalue weighted by molar-refractivity contribution is 0.0601. The summed E-state index contributed by atoms with van der Waals surface area (Å²) in [5.74, 6) is -0.904. The fraction of sp³-hybridized carbons (Fsp3) is 0.250. The van der Waals surface area contributed by atoms with E-state index >= 15 is 0 Å². The molecule has 1 aromatic heterocycles. The Hall–Kier alpha value is -1.72. The van der Waals surface area contributed by atoms with E-state index in [-0.39, 0.29) is 16.9 Å². The predicted molar refractivity (Wildman–Crippen MR) is 44.9 cm³/mol. The molecule has 0 radical (unpaired) electrons. The van der Waals surface area contributed by atoms with Crippen molar-refractivity contribution < 1.29 is 18.3 Å². The molecule has 0 aliphatic carbocycles. The standard InChI is InChI=1S/C8H8F2N2O2/c1-14-8(13)5-2-4(6(9)10)3-12-7(5)11/h2-3,6H,1H3,(H2,11,12). The van der Waals surface area contributed by atoms with Gasteiger partial charge >= 0.3 is 5.97 Å². The molecule has 0 amide bonds. The lowest BCUT2D eigenvalue weighted by Crippen LogP contribution is -2.08. The normalized spacial score (nSPS) is 10.3. The first-order chi connectivity index (χ1) is 6.56. The number of aromatic nitrogens is 1. The minimum absolute atomic E-state index is 0.124. The van der Waals surface area contributed by atoms with E-state index < -0.39 is 12.4 Å². The van der Waals surface area contributed by atoms with Crippen LogP contribution in [0.5, 0.6) is 0 Å². The second-order valence-electron chi connectivity index (χ2n) is 2.49. The summed E-state index contributed by atoms with van der Waals surface area (Å²) in [7, 11) is 1.14. The molecule has 76 valence electrons. The second kappa shape index (κ2) is 3.99. The van der Waals surface area contributed by atoms with Crippen molar-refractivity contribution in [1.29, 1.82) is 0 Å². The third-order valence-electron chi connectivity index (χ3n) is 1.60. The van der Waals surface area contributed by atoms with Gasteiger partial charge in [-0.05, 0) is 6.07 Å². The molecule has 0 saturated heterocycles. The fourth-order valence-electron chi connectivity index (χ4n) is 0.884. The van der Waals surface area contributed by atoms with Gasteiger partial charge in [0, 0.05) is 11.8 Å². The molecule has 1 heterocycles. The van der Waals surface area contributed by atoms with Gasteiger partial charge in [0.25, 0.3) is 6.43 Å². The van der Waals surface area contributed by atoms with Gasteiger partial charge in [-0.1, -0.05) is 0 Å². The summed E-state index contributed by atoms with van der Waals surface area (Å²) in [6.07, 6.45) is -1.77. The van der Waals surface area contributed by atoms with Crippen molar-refractivity contribution in [3.63, 3.8) is 0 Å². The third kappa shape index (κ3) is 1.95. The molecule has 4 nitrogen and oxygen atoms in total. The molecular weight excluding hydrogens is 194 g/mol. The van der Waals surface area contributed by atoms with Crippen LogP contribution in [0.4, 0.5) is 14.6 Å². The maximum atomic E-state index is 12.2. The molecule has 0 unspecified atom stereocenters. The lowest BCUT2D eigenvalue weighted by atomic mass is 10.2. The number of alkyl halides is 2. The van der Waals surface area contributed by atoms with Crippen LogP contribution < -0.4 is 5.73 Å². The molecular formula is C8H8F2N2O2. The van der Waals surface area contributed by atoms with Crippen molar-refractivity contribution in [1.82, 2.24) is 4.98 Å². The summed E-state index contributed by atoms with van der Waals surface area (Å²) in [6, 6.07) is 0.971. The Morgan fingerprint density at radius 1 is 1.64 bits per heavy atom. The van der Waals surface area contributed by atoms with E-state index in [0.29, 0.717) is 0 Å². The topological polar surface area (TPSA) is 65.2 Å². The number of pyridine rings is 1. The van der Waals surface area contributed by atoms with Crippen LogP contribution in [0.25, 0.3) is 0 Å². The van der Waals surface area contributed by atoms with Gasteiger partial charge in [-0.15, -0.1) is 0 Å². The number of methoxy groups -OCH3 is 1. The fourth-order valence-corrected chi connectivity index (χ4v) is 0.884. The Balaban J connectivity index is 3.15. The number of halogens is 2. The molecule has 0 atom stereocenters. The third-order valence-corrected chi connectivity index (χ3v) is 1.60. The lowest BCUT2D eigenvalue weighted by Gasteiger charge is -2.04. The van der Waals surface area contributed by atoms with Crippen LogP contribution in [0.2, 0.25) is 0 Å². The number of anilines is 1. The highest BCUT2D eigenvalue weighted by molar-refractivity contribution is 5.94. The van der Waals surface area contributed by atoms with Gasteiger partial charge in [-0.3, -0.25) is 0 Å². The number of nitrogens with zero attached hydrogens (tertiary/aromatic N) is 1. The van der Waals surface area contributed by atoms with E-state index in [0.717, 1.165) is 19.4 Å². The van der Waals surface area contributed by atoms with Gasteiger partial charge in [0.05, 0.1) is 7.11 Å². The smallest absolute Gasteiger partial charge is 0.341 e. The number of hydrogen-bond acceptors (Lipinski definition) is 4. The first-order valence-electron chi connectivity index (χ1n) is 3.68. The van der Waals surface area contributed by atoms with Crippen LogP contribution in [0.15, 0.2) is 12.3 Å². The van der Waals surface area contributed by atoms with Crippen molar-refractivity contribution >= 4 is 11.8 Å². The summed E-state index contributed by atoms with van der Waals surface area (Å²) >= 11 is 0. The number of ether oxygens (including phenoxy) is 1. The maximum absolute atomic E-state index is 12.2. The Kier molecular flexibility index (Phi) is 2.95. The first kappa shape index (κ1) is 10.4. The Bertz CT molecular complexity index is 355. The van der Waals surface area contributed by atoms with E-state index in [4.69, 9.17) is 5.73 Å². The predicted octanol–water partition coefficient (Wildman–Crippen LogP) is 1.39. The van der Waals surface area contributed by atoms with Crippen LogP contribution in [-0.2, 0) is 4.74 Å². The van der Waals surface area contributed by atoms with E-state index in [1.165, 1.54) is 0 Å². The number of carbonyl (C=O) groups excluding carboxylic acids is 1. The average molecular weight is 202 g/mol. The Morgan fingerprint density at radius 3 is 2.79 bits per heavy atom. The maximum Gasteiger partial charge on any atom is 0.341 e. The molecule has 6 heteroatoms. The van der Waals surface area contributed by atoms with Gasteiger partial charge in [-0.2, -0.15) is 0 Å². The first-order valence-corrected chi connectivity index (χ1v) is 3.68. The van der Waals surface area contributed by atoms with Crippen molar-refractivity contribution in [2.24, 2.45) is 0 Å². The van der Waals surface area contributed by atoms with E-state index in [1.54, 1.807) is 0 Å². The summed E-state index contributed by atoms with van der Waals surface area (Å²) in [6.45, 7) is 0. The zero-order valence-electron chi connectivity index (χ0n) is 7.33. The highest BCUT2D eigenvalue weighted by Crippen LogP contribution is 2.21.